The van der Waals surface area contributed by atoms with E-state index >= 15 is 0 Å². The minimum atomic E-state index is -0.117. The molecular formula is C19H20O2. The molecule has 2 heteroatoms. The molecule has 0 aromatic heterocycles. The summed E-state index contributed by atoms with van der Waals surface area (Å²) in [6, 6.07) is 19.2. The van der Waals surface area contributed by atoms with E-state index in [0.717, 1.165) is 32.5 Å². The topological polar surface area (TPSA) is 18.5 Å². The van der Waals surface area contributed by atoms with Crippen molar-refractivity contribution in [1.82, 2.24) is 0 Å². The molecule has 2 atom stereocenters. The average molecular weight is 280 g/mol. The zero-order valence-corrected chi connectivity index (χ0v) is 12.1. The number of hydrogen-bond acceptors (Lipinski definition) is 2. The van der Waals surface area contributed by atoms with Gasteiger partial charge in [-0.25, -0.2) is 0 Å². The van der Waals surface area contributed by atoms with Crippen molar-refractivity contribution in [3.63, 3.8) is 0 Å². The van der Waals surface area contributed by atoms with E-state index in [9.17, 15) is 0 Å². The largest absolute Gasteiger partial charge is 0.378 e. The maximum Gasteiger partial charge on any atom is 0.0986 e. The molecule has 0 saturated carbocycles. The van der Waals surface area contributed by atoms with Gasteiger partial charge in [-0.05, 0) is 23.1 Å². The number of hydrogen-bond donors (Lipinski definition) is 0. The third-order valence-electron chi connectivity index (χ3n) is 4.74. The molecule has 2 aliphatic heterocycles. The van der Waals surface area contributed by atoms with Crippen LogP contribution in [0.1, 0.15) is 29.5 Å². The van der Waals surface area contributed by atoms with Crippen molar-refractivity contribution in [2.45, 2.75) is 37.6 Å². The van der Waals surface area contributed by atoms with Crippen molar-refractivity contribution in [2.24, 2.45) is 0 Å². The second-order valence-electron chi connectivity index (χ2n) is 6.08. The normalized spacial score (nSPS) is 27.7. The van der Waals surface area contributed by atoms with Crippen LogP contribution in [0.3, 0.4) is 0 Å². The number of fused-ring (bicyclic) bond motifs is 2. The number of rotatable bonds is 2. The van der Waals surface area contributed by atoms with Crippen LogP contribution < -0.4 is 0 Å². The summed E-state index contributed by atoms with van der Waals surface area (Å²) < 4.78 is 12.2. The second-order valence-corrected chi connectivity index (χ2v) is 6.08. The van der Waals surface area contributed by atoms with Crippen LogP contribution in [0.5, 0.6) is 0 Å². The predicted octanol–water partition coefficient (Wildman–Crippen LogP) is 3.83. The van der Waals surface area contributed by atoms with Gasteiger partial charge in [-0.3, -0.25) is 0 Å². The fraction of sp³-hybridized carbons (Fsp3) is 0.368. The molecule has 2 aliphatic rings. The summed E-state index contributed by atoms with van der Waals surface area (Å²) in [6.45, 7) is 1.53. The smallest absolute Gasteiger partial charge is 0.0986 e. The van der Waals surface area contributed by atoms with Gasteiger partial charge in [-0.2, -0.15) is 0 Å². The first-order chi connectivity index (χ1) is 10.4. The summed E-state index contributed by atoms with van der Waals surface area (Å²) in [5.41, 5.74) is 3.95. The summed E-state index contributed by atoms with van der Waals surface area (Å²) in [5.74, 6) is 0. The zero-order valence-electron chi connectivity index (χ0n) is 12.1. The number of benzene rings is 2. The lowest BCUT2D eigenvalue weighted by Gasteiger charge is -2.38. The van der Waals surface area contributed by atoms with Gasteiger partial charge in [0.25, 0.3) is 0 Å². The van der Waals surface area contributed by atoms with Gasteiger partial charge < -0.3 is 9.47 Å². The minimum Gasteiger partial charge on any atom is -0.378 e. The van der Waals surface area contributed by atoms with E-state index in [4.69, 9.17) is 9.47 Å². The summed E-state index contributed by atoms with van der Waals surface area (Å²) in [4.78, 5) is 0. The van der Waals surface area contributed by atoms with Crippen LogP contribution in [0.4, 0.5) is 0 Å². The Kier molecular flexibility index (Phi) is 3.28. The van der Waals surface area contributed by atoms with Crippen LogP contribution in [0, 0.1) is 0 Å². The molecule has 21 heavy (non-hydrogen) atoms. The van der Waals surface area contributed by atoms with E-state index in [0.29, 0.717) is 0 Å². The van der Waals surface area contributed by atoms with Crippen molar-refractivity contribution in [1.29, 1.82) is 0 Å². The first-order valence-corrected chi connectivity index (χ1v) is 7.74. The third kappa shape index (κ3) is 2.39. The van der Waals surface area contributed by atoms with Crippen molar-refractivity contribution in [3.05, 3.63) is 71.3 Å². The Labute approximate surface area is 125 Å². The Bertz CT molecular complexity index is 618. The highest BCUT2D eigenvalue weighted by Crippen LogP contribution is 2.45. The van der Waals surface area contributed by atoms with Crippen LogP contribution in [0.25, 0.3) is 0 Å². The molecule has 1 spiro atoms. The fourth-order valence-electron chi connectivity index (χ4n) is 3.69. The van der Waals surface area contributed by atoms with Gasteiger partial charge in [-0.1, -0.05) is 54.6 Å². The molecule has 2 nitrogen and oxygen atoms in total. The Morgan fingerprint density at radius 3 is 2.71 bits per heavy atom. The Balaban J connectivity index is 1.56. The van der Waals surface area contributed by atoms with E-state index in [1.807, 2.05) is 0 Å². The molecule has 0 bridgehead atoms. The van der Waals surface area contributed by atoms with Crippen LogP contribution in [-0.4, -0.2) is 12.7 Å². The van der Waals surface area contributed by atoms with Crippen molar-refractivity contribution in [2.75, 3.05) is 6.61 Å². The van der Waals surface area contributed by atoms with Gasteiger partial charge in [0.1, 0.15) is 0 Å². The summed E-state index contributed by atoms with van der Waals surface area (Å²) in [5, 5.41) is 0. The molecule has 108 valence electrons. The van der Waals surface area contributed by atoms with Crippen LogP contribution in [0.2, 0.25) is 0 Å². The Morgan fingerprint density at radius 1 is 1.00 bits per heavy atom. The molecule has 0 unspecified atom stereocenters. The third-order valence-corrected chi connectivity index (χ3v) is 4.74. The minimum absolute atomic E-state index is 0.117. The zero-order chi connectivity index (χ0) is 14.1. The van der Waals surface area contributed by atoms with Gasteiger partial charge >= 0.3 is 0 Å². The molecule has 0 N–H and O–H groups in total. The lowest BCUT2D eigenvalue weighted by Crippen LogP contribution is -2.39. The molecular weight excluding hydrogens is 260 g/mol. The molecule has 1 fully saturated rings. The van der Waals surface area contributed by atoms with Crippen molar-refractivity contribution < 1.29 is 9.47 Å². The molecule has 4 rings (SSSR count). The molecule has 2 aromatic carbocycles. The maximum atomic E-state index is 6.24. The summed E-state index contributed by atoms with van der Waals surface area (Å²) in [7, 11) is 0. The fourth-order valence-corrected chi connectivity index (χ4v) is 3.69. The highest BCUT2D eigenvalue weighted by atomic mass is 16.5. The van der Waals surface area contributed by atoms with E-state index in [1.54, 1.807) is 0 Å². The van der Waals surface area contributed by atoms with E-state index in [2.05, 4.69) is 54.6 Å². The van der Waals surface area contributed by atoms with Crippen LogP contribution >= 0.6 is 0 Å². The molecule has 2 aromatic rings. The van der Waals surface area contributed by atoms with Crippen molar-refractivity contribution in [3.8, 4) is 0 Å². The van der Waals surface area contributed by atoms with Gasteiger partial charge in [0.2, 0.25) is 0 Å². The monoisotopic (exact) mass is 280 g/mol. The predicted molar refractivity (Wildman–Crippen MR) is 82.0 cm³/mol. The highest BCUT2D eigenvalue weighted by molar-refractivity contribution is 5.36. The lowest BCUT2D eigenvalue weighted by molar-refractivity contribution is -0.136. The standard InChI is InChI=1S/C19H20O2/c1-2-6-15(7-3-1)12-17-13-19(10-11-20-17)18-9-5-4-8-16(18)14-21-19/h1-9,17H,10-14H2/t17-,19+/m1/s1. The summed E-state index contributed by atoms with van der Waals surface area (Å²) >= 11 is 0. The van der Waals surface area contributed by atoms with Gasteiger partial charge in [-0.15, -0.1) is 0 Å². The van der Waals surface area contributed by atoms with Crippen molar-refractivity contribution >= 4 is 0 Å². The quantitative estimate of drug-likeness (QED) is 0.832. The highest BCUT2D eigenvalue weighted by Gasteiger charge is 2.44. The average Bonchev–Trinajstić information content (AvgIpc) is 2.87. The van der Waals surface area contributed by atoms with Crippen LogP contribution in [-0.2, 0) is 28.1 Å². The molecule has 1 saturated heterocycles. The Hall–Kier alpha value is -1.64. The molecule has 2 heterocycles. The van der Waals surface area contributed by atoms with E-state index < -0.39 is 0 Å². The first-order valence-electron chi connectivity index (χ1n) is 7.74. The summed E-state index contributed by atoms with van der Waals surface area (Å²) in [6.07, 6.45) is 3.13. The second kappa shape index (κ2) is 5.28. The van der Waals surface area contributed by atoms with E-state index in [-0.39, 0.29) is 11.7 Å². The van der Waals surface area contributed by atoms with Crippen LogP contribution in [0.15, 0.2) is 54.6 Å². The molecule has 0 aliphatic carbocycles. The lowest BCUT2D eigenvalue weighted by atomic mass is 9.82. The van der Waals surface area contributed by atoms with E-state index in [1.165, 1.54) is 16.7 Å². The maximum absolute atomic E-state index is 6.24. The first kappa shape index (κ1) is 13.1. The molecule has 0 radical (unpaired) electrons. The van der Waals surface area contributed by atoms with Gasteiger partial charge in [0.15, 0.2) is 0 Å². The molecule has 0 amide bonds. The van der Waals surface area contributed by atoms with Gasteiger partial charge in [0.05, 0.1) is 24.9 Å². The number of ether oxygens (including phenoxy) is 2. The van der Waals surface area contributed by atoms with Gasteiger partial charge in [0, 0.05) is 12.8 Å². The SMILES string of the molecule is c1ccc(C[C@@H]2C[C@]3(CCO2)OCc2ccccc23)cc1. The Morgan fingerprint density at radius 2 is 1.81 bits per heavy atom.